The molecular formula is C14H21N. The molecule has 1 aliphatic carbocycles. The zero-order chi connectivity index (χ0) is 10.8. The monoisotopic (exact) mass is 203 g/mol. The smallest absolute Gasteiger partial charge is 0.0377 e. The van der Waals surface area contributed by atoms with E-state index in [2.05, 4.69) is 50.4 Å². The van der Waals surface area contributed by atoms with Gasteiger partial charge < -0.3 is 5.32 Å². The zero-order valence-corrected chi connectivity index (χ0v) is 9.96. The molecule has 1 aromatic carbocycles. The second-order valence-electron chi connectivity index (χ2n) is 5.01. The molecule has 0 saturated heterocycles. The molecule has 2 rings (SSSR count). The molecule has 0 amide bonds. The summed E-state index contributed by atoms with van der Waals surface area (Å²) >= 11 is 0. The average molecular weight is 203 g/mol. The maximum absolute atomic E-state index is 3.65. The van der Waals surface area contributed by atoms with Gasteiger partial charge in [0.15, 0.2) is 0 Å². The van der Waals surface area contributed by atoms with Crippen molar-refractivity contribution >= 4 is 5.69 Å². The summed E-state index contributed by atoms with van der Waals surface area (Å²) in [5.74, 6) is 1.50. The number of nitrogens with one attached hydrogen (secondary N) is 1. The molecule has 1 aliphatic rings. The van der Waals surface area contributed by atoms with Gasteiger partial charge in [-0.15, -0.1) is 0 Å². The molecule has 1 aromatic rings. The summed E-state index contributed by atoms with van der Waals surface area (Å²) in [4.78, 5) is 0. The predicted octanol–water partition coefficient (Wildman–Crippen LogP) is 4.02. The first-order chi connectivity index (χ1) is 7.18. The molecule has 1 fully saturated rings. The molecular weight excluding hydrogens is 182 g/mol. The largest absolute Gasteiger partial charge is 0.382 e. The van der Waals surface area contributed by atoms with Crippen LogP contribution in [0.4, 0.5) is 5.69 Å². The summed E-state index contributed by atoms with van der Waals surface area (Å²) in [7, 11) is 0. The minimum atomic E-state index is 0.597. The van der Waals surface area contributed by atoms with Crippen LogP contribution in [-0.4, -0.2) is 6.04 Å². The SMILES string of the molecule is CC(C)c1ccccc1NC(C)C1CC1. The fourth-order valence-electron chi connectivity index (χ4n) is 2.09. The molecule has 0 aromatic heterocycles. The van der Waals surface area contributed by atoms with Crippen molar-refractivity contribution in [3.63, 3.8) is 0 Å². The van der Waals surface area contributed by atoms with Crippen LogP contribution in [0.5, 0.6) is 0 Å². The second kappa shape index (κ2) is 4.26. The highest BCUT2D eigenvalue weighted by atomic mass is 14.9. The van der Waals surface area contributed by atoms with Crippen LogP contribution in [0, 0.1) is 5.92 Å². The second-order valence-corrected chi connectivity index (χ2v) is 5.01. The van der Waals surface area contributed by atoms with Crippen LogP contribution in [-0.2, 0) is 0 Å². The molecule has 0 heterocycles. The van der Waals surface area contributed by atoms with Crippen LogP contribution >= 0.6 is 0 Å². The van der Waals surface area contributed by atoms with Gasteiger partial charge in [0.05, 0.1) is 0 Å². The van der Waals surface area contributed by atoms with Crippen LogP contribution in [0.25, 0.3) is 0 Å². The number of rotatable bonds is 4. The van der Waals surface area contributed by atoms with Crippen molar-refractivity contribution in [3.8, 4) is 0 Å². The number of hydrogen-bond acceptors (Lipinski definition) is 1. The van der Waals surface area contributed by atoms with Gasteiger partial charge in [0, 0.05) is 11.7 Å². The van der Waals surface area contributed by atoms with Crippen molar-refractivity contribution in [2.75, 3.05) is 5.32 Å². The quantitative estimate of drug-likeness (QED) is 0.779. The van der Waals surface area contributed by atoms with E-state index in [0.29, 0.717) is 12.0 Å². The van der Waals surface area contributed by atoms with E-state index in [4.69, 9.17) is 0 Å². The zero-order valence-electron chi connectivity index (χ0n) is 9.96. The van der Waals surface area contributed by atoms with Crippen LogP contribution in [0.2, 0.25) is 0 Å². The van der Waals surface area contributed by atoms with Crippen molar-refractivity contribution in [1.82, 2.24) is 0 Å². The van der Waals surface area contributed by atoms with Crippen molar-refractivity contribution in [1.29, 1.82) is 0 Å². The highest BCUT2D eigenvalue weighted by molar-refractivity contribution is 5.53. The van der Waals surface area contributed by atoms with Gasteiger partial charge >= 0.3 is 0 Å². The highest BCUT2D eigenvalue weighted by Crippen LogP contribution is 2.35. The minimum absolute atomic E-state index is 0.597. The lowest BCUT2D eigenvalue weighted by atomic mass is 10.0. The molecule has 1 atom stereocenters. The van der Waals surface area contributed by atoms with Crippen LogP contribution < -0.4 is 5.32 Å². The Labute approximate surface area is 92.9 Å². The van der Waals surface area contributed by atoms with Crippen molar-refractivity contribution in [2.24, 2.45) is 5.92 Å². The third-order valence-corrected chi connectivity index (χ3v) is 3.30. The fraction of sp³-hybridized carbons (Fsp3) is 0.571. The Morgan fingerprint density at radius 2 is 1.80 bits per heavy atom. The van der Waals surface area contributed by atoms with Gasteiger partial charge in [-0.1, -0.05) is 32.0 Å². The van der Waals surface area contributed by atoms with Gasteiger partial charge in [0.25, 0.3) is 0 Å². The molecule has 0 radical (unpaired) electrons. The Kier molecular flexibility index (Phi) is 2.99. The molecule has 0 aliphatic heterocycles. The fourth-order valence-corrected chi connectivity index (χ4v) is 2.09. The van der Waals surface area contributed by atoms with E-state index < -0.39 is 0 Å². The van der Waals surface area contributed by atoms with E-state index in [1.807, 2.05) is 0 Å². The standard InChI is InChI=1S/C14H21N/c1-10(2)13-6-4-5-7-14(13)15-11(3)12-8-9-12/h4-7,10-12,15H,8-9H2,1-3H3. The molecule has 1 heteroatoms. The van der Waals surface area contributed by atoms with E-state index in [1.165, 1.54) is 24.1 Å². The number of para-hydroxylation sites is 1. The third kappa shape index (κ3) is 2.53. The normalized spacial score (nSPS) is 17.9. The van der Waals surface area contributed by atoms with Gasteiger partial charge in [-0.3, -0.25) is 0 Å². The van der Waals surface area contributed by atoms with E-state index in [9.17, 15) is 0 Å². The summed E-state index contributed by atoms with van der Waals surface area (Å²) < 4.78 is 0. The highest BCUT2D eigenvalue weighted by Gasteiger charge is 2.28. The van der Waals surface area contributed by atoms with E-state index in [1.54, 1.807) is 0 Å². The third-order valence-electron chi connectivity index (χ3n) is 3.30. The van der Waals surface area contributed by atoms with E-state index >= 15 is 0 Å². The predicted molar refractivity (Wildman–Crippen MR) is 66.3 cm³/mol. The summed E-state index contributed by atoms with van der Waals surface area (Å²) in [6, 6.07) is 9.31. The molecule has 1 unspecified atom stereocenters. The van der Waals surface area contributed by atoms with E-state index in [0.717, 1.165) is 5.92 Å². The first kappa shape index (κ1) is 10.5. The summed E-state index contributed by atoms with van der Waals surface area (Å²) in [5.41, 5.74) is 2.76. The first-order valence-corrected chi connectivity index (χ1v) is 6.04. The van der Waals surface area contributed by atoms with Gasteiger partial charge in [-0.2, -0.15) is 0 Å². The molecule has 1 saturated carbocycles. The lowest BCUT2D eigenvalue weighted by molar-refractivity contribution is 0.691. The minimum Gasteiger partial charge on any atom is -0.382 e. The Morgan fingerprint density at radius 3 is 2.40 bits per heavy atom. The van der Waals surface area contributed by atoms with Gasteiger partial charge in [0.1, 0.15) is 0 Å². The van der Waals surface area contributed by atoms with Crippen LogP contribution in [0.15, 0.2) is 24.3 Å². The molecule has 1 N–H and O–H groups in total. The van der Waals surface area contributed by atoms with Gasteiger partial charge in [-0.05, 0) is 43.2 Å². The Balaban J connectivity index is 2.11. The Morgan fingerprint density at radius 1 is 1.13 bits per heavy atom. The maximum Gasteiger partial charge on any atom is 0.0377 e. The summed E-state index contributed by atoms with van der Waals surface area (Å²) in [6.07, 6.45) is 2.80. The van der Waals surface area contributed by atoms with Gasteiger partial charge in [0.2, 0.25) is 0 Å². The number of hydrogen-bond donors (Lipinski definition) is 1. The average Bonchev–Trinajstić information content (AvgIpc) is 3.01. The van der Waals surface area contributed by atoms with Crippen molar-refractivity contribution in [2.45, 2.75) is 45.6 Å². The van der Waals surface area contributed by atoms with E-state index in [-0.39, 0.29) is 0 Å². The molecule has 82 valence electrons. The summed E-state index contributed by atoms with van der Waals surface area (Å²) in [6.45, 7) is 6.80. The van der Waals surface area contributed by atoms with Crippen LogP contribution in [0.3, 0.4) is 0 Å². The van der Waals surface area contributed by atoms with Crippen molar-refractivity contribution in [3.05, 3.63) is 29.8 Å². The van der Waals surface area contributed by atoms with Gasteiger partial charge in [-0.25, -0.2) is 0 Å². The molecule has 0 bridgehead atoms. The molecule has 1 nitrogen and oxygen atoms in total. The lowest BCUT2D eigenvalue weighted by Gasteiger charge is -2.19. The topological polar surface area (TPSA) is 12.0 Å². The van der Waals surface area contributed by atoms with Crippen LogP contribution in [0.1, 0.15) is 45.1 Å². The van der Waals surface area contributed by atoms with Crippen molar-refractivity contribution < 1.29 is 0 Å². The lowest BCUT2D eigenvalue weighted by Crippen LogP contribution is -2.18. The maximum atomic E-state index is 3.65. The molecule has 0 spiro atoms. The molecule has 15 heavy (non-hydrogen) atoms. The Hall–Kier alpha value is -0.980. The summed E-state index contributed by atoms with van der Waals surface area (Å²) in [5, 5.41) is 3.65. The number of benzene rings is 1. The first-order valence-electron chi connectivity index (χ1n) is 6.04. The number of anilines is 1. The Bertz CT molecular complexity index is 326.